The van der Waals surface area contributed by atoms with E-state index in [1.807, 2.05) is 43.4 Å². The second-order valence-electron chi connectivity index (χ2n) is 8.17. The molecule has 0 spiro atoms. The van der Waals surface area contributed by atoms with Crippen molar-refractivity contribution < 1.29 is 9.90 Å². The van der Waals surface area contributed by atoms with Crippen LogP contribution in [0.25, 0.3) is 22.0 Å². The van der Waals surface area contributed by atoms with E-state index in [1.165, 1.54) is 16.3 Å². The van der Waals surface area contributed by atoms with E-state index >= 15 is 0 Å². The number of aliphatic carboxylic acids is 1. The number of carbonyl (C=O) groups is 1. The number of hydrogen-bond donors (Lipinski definition) is 3. The Morgan fingerprint density at radius 3 is 2.39 bits per heavy atom. The highest BCUT2D eigenvalue weighted by Crippen LogP contribution is 2.23. The van der Waals surface area contributed by atoms with Crippen LogP contribution in [0.15, 0.2) is 72.8 Å². The fraction of sp³-hybridized carbons (Fsp3) is 0.192. The molecule has 0 amide bonds. The third-order valence-corrected chi connectivity index (χ3v) is 5.69. The summed E-state index contributed by atoms with van der Waals surface area (Å²) in [7, 11) is 1.99. The molecule has 4 rings (SSSR count). The van der Waals surface area contributed by atoms with Crippen LogP contribution in [0, 0.1) is 0 Å². The van der Waals surface area contributed by atoms with Gasteiger partial charge in [-0.1, -0.05) is 66.7 Å². The van der Waals surface area contributed by atoms with Crippen molar-refractivity contribution in [1.29, 1.82) is 0 Å². The van der Waals surface area contributed by atoms with Gasteiger partial charge in [0.25, 0.3) is 0 Å². The number of aromatic nitrogens is 2. The highest BCUT2D eigenvalue weighted by atomic mass is 16.4. The first-order valence-electron chi connectivity index (χ1n) is 10.8. The van der Waals surface area contributed by atoms with Crippen molar-refractivity contribution >= 4 is 28.5 Å². The Hall–Kier alpha value is -3.97. The molecule has 1 aromatic heterocycles. The standard InChI is InChI=1S/C26H27N5O2/c1-31(13-12-18-6-9-19-4-2-3-5-21(19)14-18)24-16-23(29-26(28)30-24)20-10-7-17(8-11-20)15-22(27)25(32)33/h2-11,14,16,22H,12-13,15,27H2,1H3,(H,32,33)(H2,28,29,30). The zero-order valence-corrected chi connectivity index (χ0v) is 18.5. The van der Waals surface area contributed by atoms with Crippen molar-refractivity contribution in [3.63, 3.8) is 0 Å². The summed E-state index contributed by atoms with van der Waals surface area (Å²) in [6.45, 7) is 0.778. The van der Waals surface area contributed by atoms with Gasteiger partial charge in [0.05, 0.1) is 5.69 Å². The number of rotatable bonds is 8. The number of hydrogen-bond acceptors (Lipinski definition) is 6. The predicted octanol–water partition coefficient (Wildman–Crippen LogP) is 3.51. The number of likely N-dealkylation sites (N-methyl/N-ethyl adjacent to an activating group) is 1. The summed E-state index contributed by atoms with van der Waals surface area (Å²) < 4.78 is 0. The van der Waals surface area contributed by atoms with Crippen LogP contribution in [0.5, 0.6) is 0 Å². The summed E-state index contributed by atoms with van der Waals surface area (Å²) in [6, 6.07) is 23.4. The molecule has 1 heterocycles. The second kappa shape index (κ2) is 9.67. The molecule has 0 bridgehead atoms. The van der Waals surface area contributed by atoms with E-state index in [4.69, 9.17) is 16.6 Å². The first-order valence-corrected chi connectivity index (χ1v) is 10.8. The summed E-state index contributed by atoms with van der Waals surface area (Å²) in [5.74, 6) is -0.0636. The largest absolute Gasteiger partial charge is 0.480 e. The van der Waals surface area contributed by atoms with Crippen LogP contribution >= 0.6 is 0 Å². The van der Waals surface area contributed by atoms with E-state index in [-0.39, 0.29) is 12.4 Å². The number of benzene rings is 3. The SMILES string of the molecule is CN(CCc1ccc2ccccc2c1)c1cc(-c2ccc(CC(N)C(=O)O)cc2)nc(N)n1. The van der Waals surface area contributed by atoms with Gasteiger partial charge >= 0.3 is 5.97 Å². The monoisotopic (exact) mass is 441 g/mol. The maximum atomic E-state index is 11.0. The normalized spacial score (nSPS) is 11.9. The average Bonchev–Trinajstić information content (AvgIpc) is 2.82. The second-order valence-corrected chi connectivity index (χ2v) is 8.17. The quantitative estimate of drug-likeness (QED) is 0.383. The Bertz CT molecular complexity index is 1270. The van der Waals surface area contributed by atoms with Crippen LogP contribution in [0.3, 0.4) is 0 Å². The fourth-order valence-electron chi connectivity index (χ4n) is 3.75. The molecule has 0 aliphatic rings. The maximum Gasteiger partial charge on any atom is 0.320 e. The van der Waals surface area contributed by atoms with Crippen LogP contribution in [0.4, 0.5) is 11.8 Å². The number of anilines is 2. The number of nitrogen functional groups attached to an aromatic ring is 1. The summed E-state index contributed by atoms with van der Waals surface area (Å²) >= 11 is 0. The lowest BCUT2D eigenvalue weighted by Crippen LogP contribution is -2.32. The van der Waals surface area contributed by atoms with Crippen molar-refractivity contribution in [2.45, 2.75) is 18.9 Å². The first kappa shape index (κ1) is 22.2. The van der Waals surface area contributed by atoms with E-state index in [0.29, 0.717) is 5.69 Å². The zero-order valence-electron chi connectivity index (χ0n) is 18.5. The molecular weight excluding hydrogens is 414 g/mol. The Balaban J connectivity index is 1.47. The minimum absolute atomic E-state index is 0.206. The van der Waals surface area contributed by atoms with Gasteiger partial charge in [0.15, 0.2) is 0 Å². The van der Waals surface area contributed by atoms with Crippen LogP contribution in [-0.4, -0.2) is 40.7 Å². The number of nitrogens with two attached hydrogens (primary N) is 2. The number of nitrogens with zero attached hydrogens (tertiary/aromatic N) is 3. The smallest absolute Gasteiger partial charge is 0.320 e. The van der Waals surface area contributed by atoms with Gasteiger partial charge in [0.2, 0.25) is 5.95 Å². The Kier molecular flexibility index (Phi) is 6.51. The van der Waals surface area contributed by atoms with Gasteiger partial charge in [-0.25, -0.2) is 4.98 Å². The summed E-state index contributed by atoms with van der Waals surface area (Å²) in [4.78, 5) is 21.8. The molecule has 0 fully saturated rings. The van der Waals surface area contributed by atoms with Crippen LogP contribution in [0.2, 0.25) is 0 Å². The molecule has 0 radical (unpaired) electrons. The lowest BCUT2D eigenvalue weighted by Gasteiger charge is -2.19. The van der Waals surface area contributed by atoms with E-state index in [1.54, 1.807) is 0 Å². The van der Waals surface area contributed by atoms with Crippen molar-refractivity contribution in [3.8, 4) is 11.3 Å². The minimum atomic E-state index is -1.01. The van der Waals surface area contributed by atoms with Crippen molar-refractivity contribution in [3.05, 3.63) is 83.9 Å². The molecule has 1 unspecified atom stereocenters. The minimum Gasteiger partial charge on any atom is -0.480 e. The van der Waals surface area contributed by atoms with Crippen LogP contribution < -0.4 is 16.4 Å². The van der Waals surface area contributed by atoms with Crippen LogP contribution in [0.1, 0.15) is 11.1 Å². The molecule has 33 heavy (non-hydrogen) atoms. The molecule has 7 heteroatoms. The Morgan fingerprint density at radius 2 is 1.67 bits per heavy atom. The highest BCUT2D eigenvalue weighted by Gasteiger charge is 2.13. The molecule has 1 atom stereocenters. The fourth-order valence-corrected chi connectivity index (χ4v) is 3.75. The molecular formula is C26H27N5O2. The molecule has 0 saturated carbocycles. The first-order chi connectivity index (χ1) is 15.9. The van der Waals surface area contributed by atoms with E-state index < -0.39 is 12.0 Å². The highest BCUT2D eigenvalue weighted by molar-refractivity contribution is 5.83. The molecule has 168 valence electrons. The lowest BCUT2D eigenvalue weighted by atomic mass is 10.0. The molecule has 0 aliphatic heterocycles. The molecule has 7 nitrogen and oxygen atoms in total. The summed E-state index contributed by atoms with van der Waals surface area (Å²) in [5, 5.41) is 11.5. The van der Waals surface area contributed by atoms with Gasteiger partial charge in [0, 0.05) is 25.2 Å². The number of fused-ring (bicyclic) bond motifs is 1. The van der Waals surface area contributed by atoms with Crippen molar-refractivity contribution in [2.24, 2.45) is 5.73 Å². The zero-order chi connectivity index (χ0) is 23.4. The van der Waals surface area contributed by atoms with Gasteiger partial charge < -0.3 is 21.5 Å². The van der Waals surface area contributed by atoms with Gasteiger partial charge in [-0.3, -0.25) is 4.79 Å². The maximum absolute atomic E-state index is 11.0. The van der Waals surface area contributed by atoms with Gasteiger partial charge in [-0.2, -0.15) is 4.98 Å². The molecule has 5 N–H and O–H groups in total. The van der Waals surface area contributed by atoms with Gasteiger partial charge in [-0.05, 0) is 34.7 Å². The van der Waals surface area contributed by atoms with Crippen molar-refractivity contribution in [2.75, 3.05) is 24.2 Å². The van der Waals surface area contributed by atoms with E-state index in [9.17, 15) is 4.79 Å². The topological polar surface area (TPSA) is 118 Å². The van der Waals surface area contributed by atoms with Crippen molar-refractivity contribution in [1.82, 2.24) is 9.97 Å². The molecule has 4 aromatic rings. The Morgan fingerprint density at radius 1 is 0.970 bits per heavy atom. The molecule has 0 saturated heterocycles. The third kappa shape index (κ3) is 5.45. The average molecular weight is 442 g/mol. The third-order valence-electron chi connectivity index (χ3n) is 5.69. The van der Waals surface area contributed by atoms with E-state index in [0.717, 1.165) is 29.9 Å². The summed E-state index contributed by atoms with van der Waals surface area (Å²) in [6.07, 6.45) is 1.14. The van der Waals surface area contributed by atoms with E-state index in [2.05, 4.69) is 51.3 Å². The van der Waals surface area contributed by atoms with Crippen LogP contribution in [-0.2, 0) is 17.6 Å². The number of carboxylic acids is 1. The van der Waals surface area contributed by atoms with Gasteiger partial charge in [-0.15, -0.1) is 0 Å². The number of carboxylic acid groups (broad SMARTS) is 1. The molecule has 3 aromatic carbocycles. The summed E-state index contributed by atoms with van der Waals surface area (Å²) in [5.41, 5.74) is 15.3. The van der Waals surface area contributed by atoms with Gasteiger partial charge in [0.1, 0.15) is 11.9 Å². The predicted molar refractivity (Wildman–Crippen MR) is 132 cm³/mol. The Labute approximate surface area is 192 Å². The lowest BCUT2D eigenvalue weighted by molar-refractivity contribution is -0.138. The molecule has 0 aliphatic carbocycles.